The van der Waals surface area contributed by atoms with Gasteiger partial charge in [-0.1, -0.05) is 44.2 Å². The molecule has 3 rings (SSSR count). The van der Waals surface area contributed by atoms with Gasteiger partial charge in [0, 0.05) is 18.7 Å². The van der Waals surface area contributed by atoms with Crippen molar-refractivity contribution >= 4 is 11.8 Å². The first kappa shape index (κ1) is 20.1. The predicted octanol–water partition coefficient (Wildman–Crippen LogP) is 3.99. The smallest absolute Gasteiger partial charge is 0.251 e. The van der Waals surface area contributed by atoms with Gasteiger partial charge < -0.3 is 10.2 Å². The van der Waals surface area contributed by atoms with Crippen LogP contribution < -0.4 is 5.32 Å². The van der Waals surface area contributed by atoms with E-state index in [0.29, 0.717) is 24.6 Å². The first-order valence-corrected chi connectivity index (χ1v) is 9.86. The summed E-state index contributed by atoms with van der Waals surface area (Å²) >= 11 is 0. The molecule has 148 valence electrons. The Labute approximate surface area is 165 Å². The molecule has 2 aromatic carbocycles. The average Bonchev–Trinajstić information content (AvgIpc) is 2.72. The van der Waals surface area contributed by atoms with E-state index in [0.717, 1.165) is 18.4 Å². The van der Waals surface area contributed by atoms with Gasteiger partial charge in [-0.05, 0) is 54.5 Å². The van der Waals surface area contributed by atoms with Gasteiger partial charge >= 0.3 is 0 Å². The maximum Gasteiger partial charge on any atom is 0.251 e. The lowest BCUT2D eigenvalue weighted by Crippen LogP contribution is -2.52. The highest BCUT2D eigenvalue weighted by Gasteiger charge is 2.31. The Balaban J connectivity index is 1.61. The Morgan fingerprint density at radius 3 is 2.18 bits per heavy atom. The van der Waals surface area contributed by atoms with Gasteiger partial charge in [0.15, 0.2) is 0 Å². The van der Waals surface area contributed by atoms with Crippen molar-refractivity contribution in [2.45, 2.75) is 38.6 Å². The number of likely N-dealkylation sites (tertiary alicyclic amines) is 1. The number of carbonyl (C=O) groups excluding carboxylic acids is 2. The summed E-state index contributed by atoms with van der Waals surface area (Å²) in [6.07, 6.45) is 1.68. The molecule has 2 aromatic rings. The summed E-state index contributed by atoms with van der Waals surface area (Å²) in [6.45, 7) is 5.18. The van der Waals surface area contributed by atoms with Crippen LogP contribution in [0.4, 0.5) is 4.39 Å². The summed E-state index contributed by atoms with van der Waals surface area (Å²) < 4.78 is 13.1. The van der Waals surface area contributed by atoms with Crippen molar-refractivity contribution in [1.29, 1.82) is 0 Å². The summed E-state index contributed by atoms with van der Waals surface area (Å²) in [7, 11) is 0. The number of rotatable bonds is 5. The van der Waals surface area contributed by atoms with Crippen LogP contribution in [0.25, 0.3) is 0 Å². The molecule has 1 atom stereocenters. The van der Waals surface area contributed by atoms with Gasteiger partial charge in [-0.25, -0.2) is 4.39 Å². The molecule has 0 bridgehead atoms. The van der Waals surface area contributed by atoms with E-state index < -0.39 is 6.04 Å². The number of nitrogens with one attached hydrogen (secondary N) is 1. The van der Waals surface area contributed by atoms with Crippen molar-refractivity contribution in [3.8, 4) is 0 Å². The number of amides is 2. The van der Waals surface area contributed by atoms with E-state index in [1.807, 2.05) is 36.9 Å². The van der Waals surface area contributed by atoms with Crippen LogP contribution in [0, 0.1) is 11.7 Å². The second-order valence-electron chi connectivity index (χ2n) is 7.71. The number of hydrogen-bond donors (Lipinski definition) is 1. The lowest BCUT2D eigenvalue weighted by Gasteiger charge is -2.35. The number of benzene rings is 2. The lowest BCUT2D eigenvalue weighted by atomic mass is 9.89. The van der Waals surface area contributed by atoms with E-state index in [1.54, 1.807) is 24.3 Å². The van der Waals surface area contributed by atoms with Crippen LogP contribution in [0.5, 0.6) is 0 Å². The Morgan fingerprint density at radius 2 is 1.61 bits per heavy atom. The van der Waals surface area contributed by atoms with Crippen molar-refractivity contribution in [1.82, 2.24) is 10.2 Å². The van der Waals surface area contributed by atoms with E-state index in [1.165, 1.54) is 12.1 Å². The second-order valence-corrected chi connectivity index (χ2v) is 7.71. The second kappa shape index (κ2) is 9.00. The Morgan fingerprint density at radius 1 is 1.00 bits per heavy atom. The van der Waals surface area contributed by atoms with Gasteiger partial charge in [-0.2, -0.15) is 0 Å². The van der Waals surface area contributed by atoms with Crippen molar-refractivity contribution in [3.63, 3.8) is 0 Å². The number of nitrogens with zero attached hydrogens (tertiary/aromatic N) is 1. The fraction of sp³-hybridized carbons (Fsp3) is 0.391. The Hall–Kier alpha value is -2.69. The molecule has 5 heteroatoms. The standard InChI is InChI=1S/C23H27FN2O2/c1-16(2)21(25-22(27)19-6-4-3-5-7-19)23(28)26-14-12-18(13-15-26)17-8-10-20(24)11-9-17/h3-11,16,18,21H,12-15H2,1-2H3,(H,25,27)/t21-/m1/s1. The number of halogens is 1. The molecule has 1 fully saturated rings. The van der Waals surface area contributed by atoms with Crippen LogP contribution in [0.15, 0.2) is 54.6 Å². The number of carbonyl (C=O) groups is 2. The molecule has 1 aliphatic rings. The minimum Gasteiger partial charge on any atom is -0.341 e. The summed E-state index contributed by atoms with van der Waals surface area (Å²) in [6, 6.07) is 15.0. The first-order chi connectivity index (χ1) is 13.5. The zero-order chi connectivity index (χ0) is 20.1. The van der Waals surface area contributed by atoms with Crippen LogP contribution in [0.2, 0.25) is 0 Å². The topological polar surface area (TPSA) is 49.4 Å². The Bertz CT molecular complexity index is 797. The zero-order valence-electron chi connectivity index (χ0n) is 16.4. The van der Waals surface area contributed by atoms with Gasteiger partial charge in [0.05, 0.1) is 0 Å². The molecule has 28 heavy (non-hydrogen) atoms. The minimum atomic E-state index is -0.546. The number of hydrogen-bond acceptors (Lipinski definition) is 2. The third-order valence-electron chi connectivity index (χ3n) is 5.40. The predicted molar refractivity (Wildman–Crippen MR) is 107 cm³/mol. The van der Waals surface area contributed by atoms with Crippen LogP contribution in [-0.2, 0) is 4.79 Å². The van der Waals surface area contributed by atoms with Crippen molar-refractivity contribution < 1.29 is 14.0 Å². The third kappa shape index (κ3) is 4.77. The number of piperidine rings is 1. The van der Waals surface area contributed by atoms with E-state index >= 15 is 0 Å². The molecule has 1 aliphatic heterocycles. The molecule has 4 nitrogen and oxygen atoms in total. The molecule has 0 unspecified atom stereocenters. The normalized spacial score (nSPS) is 16.1. The molecule has 1 saturated heterocycles. The highest BCUT2D eigenvalue weighted by Crippen LogP contribution is 2.28. The average molecular weight is 382 g/mol. The highest BCUT2D eigenvalue weighted by molar-refractivity contribution is 5.97. The monoisotopic (exact) mass is 382 g/mol. The molecule has 0 spiro atoms. The fourth-order valence-electron chi connectivity index (χ4n) is 3.69. The summed E-state index contributed by atoms with van der Waals surface area (Å²) in [5.74, 6) is -0.160. The quantitative estimate of drug-likeness (QED) is 0.850. The fourth-order valence-corrected chi connectivity index (χ4v) is 3.69. The highest BCUT2D eigenvalue weighted by atomic mass is 19.1. The van der Waals surface area contributed by atoms with Gasteiger partial charge in [-0.3, -0.25) is 9.59 Å². The molecule has 0 radical (unpaired) electrons. The summed E-state index contributed by atoms with van der Waals surface area (Å²) in [4.78, 5) is 27.4. The van der Waals surface area contributed by atoms with Gasteiger partial charge in [0.1, 0.15) is 11.9 Å². The lowest BCUT2D eigenvalue weighted by molar-refractivity contribution is -0.135. The largest absolute Gasteiger partial charge is 0.341 e. The van der Waals surface area contributed by atoms with Crippen molar-refractivity contribution in [2.24, 2.45) is 5.92 Å². The van der Waals surface area contributed by atoms with Crippen LogP contribution >= 0.6 is 0 Å². The summed E-state index contributed by atoms with van der Waals surface area (Å²) in [5.41, 5.74) is 1.67. The van der Waals surface area contributed by atoms with Gasteiger partial charge in [-0.15, -0.1) is 0 Å². The SMILES string of the molecule is CC(C)[C@@H](NC(=O)c1ccccc1)C(=O)N1CCC(c2ccc(F)cc2)CC1. The van der Waals surface area contributed by atoms with E-state index in [2.05, 4.69) is 5.32 Å². The maximum absolute atomic E-state index is 13.1. The molecule has 1 heterocycles. The molecule has 0 aromatic heterocycles. The van der Waals surface area contributed by atoms with Crippen LogP contribution in [-0.4, -0.2) is 35.8 Å². The molecule has 0 aliphatic carbocycles. The maximum atomic E-state index is 13.1. The third-order valence-corrected chi connectivity index (χ3v) is 5.40. The minimum absolute atomic E-state index is 0.00464. The van der Waals surface area contributed by atoms with Crippen LogP contribution in [0.3, 0.4) is 0 Å². The Kier molecular flexibility index (Phi) is 6.45. The van der Waals surface area contributed by atoms with E-state index in [-0.39, 0.29) is 23.5 Å². The van der Waals surface area contributed by atoms with E-state index in [9.17, 15) is 14.0 Å². The van der Waals surface area contributed by atoms with Crippen molar-refractivity contribution in [2.75, 3.05) is 13.1 Å². The first-order valence-electron chi connectivity index (χ1n) is 9.86. The van der Waals surface area contributed by atoms with Crippen LogP contribution in [0.1, 0.15) is 48.5 Å². The molecule has 0 saturated carbocycles. The molecule has 2 amide bonds. The van der Waals surface area contributed by atoms with Gasteiger partial charge in [0.25, 0.3) is 5.91 Å². The summed E-state index contributed by atoms with van der Waals surface area (Å²) in [5, 5.41) is 2.91. The molecule has 1 N–H and O–H groups in total. The molecular weight excluding hydrogens is 355 g/mol. The van der Waals surface area contributed by atoms with Gasteiger partial charge in [0.2, 0.25) is 5.91 Å². The zero-order valence-corrected chi connectivity index (χ0v) is 16.4. The van der Waals surface area contributed by atoms with Crippen molar-refractivity contribution in [3.05, 3.63) is 71.5 Å². The van der Waals surface area contributed by atoms with E-state index in [4.69, 9.17) is 0 Å². The molecular formula is C23H27FN2O2.